The van der Waals surface area contributed by atoms with Crippen molar-refractivity contribution in [1.29, 1.82) is 0 Å². The molecule has 1 unspecified atom stereocenters. The van der Waals surface area contributed by atoms with Crippen molar-refractivity contribution < 1.29 is 9.59 Å². The van der Waals surface area contributed by atoms with E-state index in [1.165, 1.54) is 0 Å². The van der Waals surface area contributed by atoms with E-state index in [4.69, 9.17) is 16.6 Å². The number of rotatable bonds is 4. The quantitative estimate of drug-likeness (QED) is 0.737. The second-order valence-electron chi connectivity index (χ2n) is 7.38. The summed E-state index contributed by atoms with van der Waals surface area (Å²) in [4.78, 5) is 37.5. The van der Waals surface area contributed by atoms with Crippen LogP contribution >= 0.6 is 11.6 Å². The van der Waals surface area contributed by atoms with Crippen molar-refractivity contribution >= 4 is 35.1 Å². The normalized spacial score (nSPS) is 20.5. The largest absolute Gasteiger partial charge is 0.358 e. The highest BCUT2D eigenvalue weighted by Crippen LogP contribution is 2.25. The van der Waals surface area contributed by atoms with E-state index in [9.17, 15) is 9.59 Å². The lowest BCUT2D eigenvalue weighted by molar-refractivity contribution is -0.133. The number of benzene rings is 1. The second-order valence-corrected chi connectivity index (χ2v) is 7.82. The van der Waals surface area contributed by atoms with Gasteiger partial charge < -0.3 is 15.1 Å². The van der Waals surface area contributed by atoms with Gasteiger partial charge in [0.25, 0.3) is 0 Å². The van der Waals surface area contributed by atoms with Gasteiger partial charge in [-0.05, 0) is 37.7 Å². The average molecular weight is 415 g/mol. The number of amides is 2. The Morgan fingerprint density at radius 1 is 1.10 bits per heavy atom. The van der Waals surface area contributed by atoms with Crippen molar-refractivity contribution in [1.82, 2.24) is 20.2 Å². The number of carbonyl (C=O) groups excluding carboxylic acids is 2. The number of hydrogen-bond acceptors (Lipinski definition) is 7. The van der Waals surface area contributed by atoms with Gasteiger partial charge in [0.2, 0.25) is 11.8 Å². The number of imide groups is 1. The molecule has 2 amide bonds. The van der Waals surface area contributed by atoms with Gasteiger partial charge in [-0.1, -0.05) is 11.6 Å². The third kappa shape index (κ3) is 4.65. The highest BCUT2D eigenvalue weighted by Gasteiger charge is 2.27. The molecule has 0 radical (unpaired) electrons. The number of piperazine rings is 1. The van der Waals surface area contributed by atoms with Gasteiger partial charge in [-0.25, -0.2) is 9.97 Å². The van der Waals surface area contributed by atoms with Crippen LogP contribution in [0.1, 0.15) is 12.8 Å². The van der Waals surface area contributed by atoms with Gasteiger partial charge >= 0.3 is 0 Å². The number of nitrogens with zero attached hydrogens (tertiary/aromatic N) is 4. The Morgan fingerprint density at radius 2 is 1.83 bits per heavy atom. The number of carbonyl (C=O) groups is 2. The molecular formula is C20H23ClN6O2. The summed E-state index contributed by atoms with van der Waals surface area (Å²) >= 11 is 6.02. The highest BCUT2D eigenvalue weighted by molar-refractivity contribution is 6.30. The first-order chi connectivity index (χ1) is 14.0. The maximum atomic E-state index is 12.2. The van der Waals surface area contributed by atoms with Crippen molar-refractivity contribution in [2.75, 3.05) is 43.4 Å². The molecule has 9 heteroatoms. The molecule has 2 aliphatic rings. The predicted molar refractivity (Wildman–Crippen MR) is 112 cm³/mol. The molecule has 0 aliphatic carbocycles. The standard InChI is InChI=1S/C20H23ClN6O2/c1-26-8-10-27(11-9-26)17-12-16(22-15-6-7-18(28)25-20(15)29)23-19(24-17)13-2-4-14(21)5-3-13/h2-5,12,15H,6-11H2,1H3,(H,22,23,24)(H,25,28,29). The molecule has 0 bridgehead atoms. The maximum absolute atomic E-state index is 12.2. The lowest BCUT2D eigenvalue weighted by Crippen LogP contribution is -2.47. The number of likely N-dealkylation sites (N-methyl/N-ethyl adjacent to an activating group) is 1. The summed E-state index contributed by atoms with van der Waals surface area (Å²) in [7, 11) is 2.10. The van der Waals surface area contributed by atoms with Gasteiger partial charge in [-0.15, -0.1) is 0 Å². The van der Waals surface area contributed by atoms with Crippen molar-refractivity contribution in [3.05, 3.63) is 35.4 Å². The number of piperidine rings is 1. The Kier molecular flexibility index (Phi) is 5.64. The fourth-order valence-corrected chi connectivity index (χ4v) is 3.57. The lowest BCUT2D eigenvalue weighted by Gasteiger charge is -2.33. The van der Waals surface area contributed by atoms with Crippen LogP contribution in [0.2, 0.25) is 5.02 Å². The monoisotopic (exact) mass is 414 g/mol. The molecule has 2 N–H and O–H groups in total. The molecule has 2 aliphatic heterocycles. The minimum atomic E-state index is -0.499. The molecule has 2 fully saturated rings. The zero-order valence-electron chi connectivity index (χ0n) is 16.2. The molecule has 3 heterocycles. The van der Waals surface area contributed by atoms with E-state index >= 15 is 0 Å². The van der Waals surface area contributed by atoms with E-state index in [0.717, 1.165) is 37.6 Å². The molecule has 152 valence electrons. The topological polar surface area (TPSA) is 90.5 Å². The van der Waals surface area contributed by atoms with E-state index in [0.29, 0.717) is 29.5 Å². The number of aromatic nitrogens is 2. The van der Waals surface area contributed by atoms with Crippen LogP contribution in [0, 0.1) is 0 Å². The summed E-state index contributed by atoms with van der Waals surface area (Å²) in [6.07, 6.45) is 0.749. The summed E-state index contributed by atoms with van der Waals surface area (Å²) in [5.41, 5.74) is 0.844. The minimum absolute atomic E-state index is 0.240. The summed E-state index contributed by atoms with van der Waals surface area (Å²) in [5, 5.41) is 6.20. The Hall–Kier alpha value is -2.71. The van der Waals surface area contributed by atoms with Crippen LogP contribution in [-0.2, 0) is 9.59 Å². The zero-order chi connectivity index (χ0) is 20.4. The summed E-state index contributed by atoms with van der Waals surface area (Å²) in [5.74, 6) is 1.37. The summed E-state index contributed by atoms with van der Waals surface area (Å²) in [6, 6.07) is 8.73. The molecule has 1 aromatic carbocycles. The van der Waals surface area contributed by atoms with Gasteiger partial charge in [0.05, 0.1) is 0 Å². The van der Waals surface area contributed by atoms with Gasteiger partial charge in [0.1, 0.15) is 17.7 Å². The Labute approximate surface area is 174 Å². The first kappa shape index (κ1) is 19.6. The van der Waals surface area contributed by atoms with E-state index in [1.807, 2.05) is 18.2 Å². The third-order valence-electron chi connectivity index (χ3n) is 5.20. The predicted octanol–water partition coefficient (Wildman–Crippen LogP) is 1.77. The molecule has 4 rings (SSSR count). The number of nitrogens with one attached hydrogen (secondary N) is 2. The first-order valence-electron chi connectivity index (χ1n) is 9.67. The van der Waals surface area contributed by atoms with Crippen LogP contribution in [0.5, 0.6) is 0 Å². The molecule has 1 atom stereocenters. The molecule has 0 saturated carbocycles. The summed E-state index contributed by atoms with van der Waals surface area (Å²) < 4.78 is 0. The van der Waals surface area contributed by atoms with E-state index in [-0.39, 0.29) is 11.8 Å². The number of anilines is 2. The van der Waals surface area contributed by atoms with Crippen LogP contribution < -0.4 is 15.5 Å². The van der Waals surface area contributed by atoms with Gasteiger partial charge in [0.15, 0.2) is 5.82 Å². The molecule has 8 nitrogen and oxygen atoms in total. The van der Waals surface area contributed by atoms with E-state index < -0.39 is 6.04 Å². The fourth-order valence-electron chi connectivity index (χ4n) is 3.44. The Balaban J connectivity index is 1.65. The van der Waals surface area contributed by atoms with Gasteiger partial charge in [-0.2, -0.15) is 0 Å². The van der Waals surface area contributed by atoms with Crippen molar-refractivity contribution in [2.24, 2.45) is 0 Å². The molecule has 2 saturated heterocycles. The first-order valence-corrected chi connectivity index (χ1v) is 10.0. The second kappa shape index (κ2) is 8.34. The summed E-state index contributed by atoms with van der Waals surface area (Å²) in [6.45, 7) is 3.64. The molecular weight excluding hydrogens is 392 g/mol. The molecule has 29 heavy (non-hydrogen) atoms. The van der Waals surface area contributed by atoms with Gasteiger partial charge in [-0.3, -0.25) is 14.9 Å². The van der Waals surface area contributed by atoms with Crippen LogP contribution in [0.4, 0.5) is 11.6 Å². The SMILES string of the molecule is CN1CCN(c2cc(NC3CCC(=O)NC3=O)nc(-c3ccc(Cl)cc3)n2)CC1. The van der Waals surface area contributed by atoms with Gasteiger partial charge in [0, 0.05) is 49.3 Å². The fraction of sp³-hybridized carbons (Fsp3) is 0.400. The Bertz CT molecular complexity index is 912. The number of hydrogen-bond donors (Lipinski definition) is 2. The van der Waals surface area contributed by atoms with Crippen LogP contribution in [-0.4, -0.2) is 66.0 Å². The molecule has 2 aromatic rings. The van der Waals surface area contributed by atoms with Crippen LogP contribution in [0.25, 0.3) is 11.4 Å². The highest BCUT2D eigenvalue weighted by atomic mass is 35.5. The van der Waals surface area contributed by atoms with E-state index in [1.54, 1.807) is 12.1 Å². The third-order valence-corrected chi connectivity index (χ3v) is 5.46. The maximum Gasteiger partial charge on any atom is 0.249 e. The van der Waals surface area contributed by atoms with Crippen molar-refractivity contribution in [2.45, 2.75) is 18.9 Å². The minimum Gasteiger partial charge on any atom is -0.358 e. The van der Waals surface area contributed by atoms with Crippen LogP contribution in [0.3, 0.4) is 0 Å². The lowest BCUT2D eigenvalue weighted by atomic mass is 10.1. The zero-order valence-corrected chi connectivity index (χ0v) is 16.9. The average Bonchev–Trinajstić information content (AvgIpc) is 2.71. The molecule has 1 aromatic heterocycles. The Morgan fingerprint density at radius 3 is 2.52 bits per heavy atom. The molecule has 0 spiro atoms. The van der Waals surface area contributed by atoms with E-state index in [2.05, 4.69) is 32.5 Å². The smallest absolute Gasteiger partial charge is 0.249 e. The number of halogens is 1. The van der Waals surface area contributed by atoms with Crippen molar-refractivity contribution in [3.8, 4) is 11.4 Å². The van der Waals surface area contributed by atoms with Crippen molar-refractivity contribution in [3.63, 3.8) is 0 Å². The van der Waals surface area contributed by atoms with Crippen LogP contribution in [0.15, 0.2) is 30.3 Å².